The van der Waals surface area contributed by atoms with Crippen LogP contribution in [0.15, 0.2) is 182 Å². The van der Waals surface area contributed by atoms with Crippen LogP contribution < -0.4 is 0 Å². The Labute approximate surface area is 325 Å². The Balaban J connectivity index is 1.15. The molecule has 0 aliphatic rings. The monoisotopic (exact) mass is 726 g/mol. The molecule has 0 N–H and O–H groups in total. The molecule has 5 heterocycles. The minimum atomic E-state index is 0.579. The first-order chi connectivity index (χ1) is 28.3. The average molecular weight is 727 g/mol. The van der Waals surface area contributed by atoms with Gasteiger partial charge in [-0.1, -0.05) is 133 Å². The second-order valence-electron chi connectivity index (χ2n) is 14.8. The summed E-state index contributed by atoms with van der Waals surface area (Å²) in [5, 5.41) is 9.64. The maximum atomic E-state index is 5.40. The highest BCUT2D eigenvalue weighted by molar-refractivity contribution is 6.33. The molecule has 264 valence electrons. The van der Waals surface area contributed by atoms with Crippen molar-refractivity contribution < 1.29 is 0 Å². The van der Waals surface area contributed by atoms with E-state index in [1.165, 1.54) is 59.6 Å². The van der Waals surface area contributed by atoms with Crippen LogP contribution in [0, 0.1) is 0 Å². The first-order valence-electron chi connectivity index (χ1n) is 19.3. The van der Waals surface area contributed by atoms with Crippen molar-refractivity contribution in [2.45, 2.75) is 0 Å². The lowest BCUT2D eigenvalue weighted by atomic mass is 10.0. The number of aromatic nitrogens is 6. The van der Waals surface area contributed by atoms with E-state index in [1.54, 1.807) is 0 Å². The molecule has 0 saturated heterocycles. The van der Waals surface area contributed by atoms with E-state index >= 15 is 0 Å². The Bertz CT molecular complexity index is 3740. The predicted octanol–water partition coefficient (Wildman–Crippen LogP) is 12.5. The first kappa shape index (κ1) is 30.5. The van der Waals surface area contributed by atoms with E-state index in [9.17, 15) is 0 Å². The van der Waals surface area contributed by atoms with Crippen LogP contribution in [0.4, 0.5) is 0 Å². The molecule has 6 nitrogen and oxygen atoms in total. The highest BCUT2D eigenvalue weighted by Gasteiger charge is 2.25. The average Bonchev–Trinajstić information content (AvgIpc) is 3.89. The van der Waals surface area contributed by atoms with Crippen molar-refractivity contribution in [3.05, 3.63) is 182 Å². The van der Waals surface area contributed by atoms with Gasteiger partial charge in [-0.15, -0.1) is 0 Å². The third kappa shape index (κ3) is 4.16. The summed E-state index contributed by atoms with van der Waals surface area (Å²) in [6.45, 7) is 0. The zero-order chi connectivity index (χ0) is 37.2. The largest absolute Gasteiger partial charge is 0.309 e. The number of fused-ring (bicyclic) bond motifs is 9. The molecule has 0 spiro atoms. The molecule has 0 aliphatic carbocycles. The Hall–Kier alpha value is -7.83. The maximum Gasteiger partial charge on any atom is 0.238 e. The minimum Gasteiger partial charge on any atom is -0.309 e. The summed E-state index contributed by atoms with van der Waals surface area (Å²) in [4.78, 5) is 15.9. The summed E-state index contributed by atoms with van der Waals surface area (Å²) < 4.78 is 7.05. The summed E-state index contributed by atoms with van der Waals surface area (Å²) in [6.07, 6.45) is 0. The number of hydrogen-bond donors (Lipinski definition) is 0. The molecule has 13 rings (SSSR count). The Morgan fingerprint density at radius 3 is 1.61 bits per heavy atom. The van der Waals surface area contributed by atoms with Crippen LogP contribution in [-0.4, -0.2) is 28.5 Å². The number of para-hydroxylation sites is 4. The van der Waals surface area contributed by atoms with Crippen LogP contribution in [0.3, 0.4) is 0 Å². The second kappa shape index (κ2) is 11.4. The van der Waals surface area contributed by atoms with Crippen LogP contribution in [0.1, 0.15) is 0 Å². The SMILES string of the molecule is c1ccc(-c2nc(-c3ccc4c5ccccc5n(-c5ccccc5)c4c3)nc(-n3c4cccc5c6ccccc6n6c7ccccc7c7ccc3c(c54)c76)n2)cc1. The van der Waals surface area contributed by atoms with Gasteiger partial charge in [0.15, 0.2) is 11.6 Å². The van der Waals surface area contributed by atoms with Crippen molar-refractivity contribution in [1.82, 2.24) is 28.5 Å². The summed E-state index contributed by atoms with van der Waals surface area (Å²) in [5.41, 5.74) is 10.9. The van der Waals surface area contributed by atoms with Gasteiger partial charge in [0.2, 0.25) is 5.95 Å². The number of nitrogens with zero attached hydrogens (tertiary/aromatic N) is 6. The van der Waals surface area contributed by atoms with E-state index in [1.807, 2.05) is 18.2 Å². The molecule has 8 aromatic carbocycles. The van der Waals surface area contributed by atoms with Gasteiger partial charge in [0.1, 0.15) is 0 Å². The summed E-state index contributed by atoms with van der Waals surface area (Å²) >= 11 is 0. The molecule has 0 unspecified atom stereocenters. The molecule has 5 aromatic heterocycles. The van der Waals surface area contributed by atoms with Gasteiger partial charge in [0, 0.05) is 54.5 Å². The van der Waals surface area contributed by atoms with Crippen molar-refractivity contribution >= 4 is 81.7 Å². The molecule has 0 amide bonds. The number of benzene rings is 8. The van der Waals surface area contributed by atoms with E-state index in [4.69, 9.17) is 15.0 Å². The number of rotatable bonds is 4. The van der Waals surface area contributed by atoms with Gasteiger partial charge in [-0.2, -0.15) is 9.97 Å². The van der Waals surface area contributed by atoms with Crippen molar-refractivity contribution in [1.29, 1.82) is 0 Å². The van der Waals surface area contributed by atoms with Crippen LogP contribution in [0.5, 0.6) is 0 Å². The Morgan fingerprint density at radius 2 is 0.860 bits per heavy atom. The normalized spacial score (nSPS) is 12.2. The summed E-state index contributed by atoms with van der Waals surface area (Å²) in [6, 6.07) is 64.7. The number of hydrogen-bond acceptors (Lipinski definition) is 3. The first-order valence-corrected chi connectivity index (χ1v) is 19.3. The van der Waals surface area contributed by atoms with Gasteiger partial charge < -0.3 is 8.97 Å². The quantitative estimate of drug-likeness (QED) is 0.181. The van der Waals surface area contributed by atoms with Crippen LogP contribution in [0.25, 0.3) is 116 Å². The lowest BCUT2D eigenvalue weighted by molar-refractivity contribution is 0.954. The van der Waals surface area contributed by atoms with Crippen LogP contribution in [-0.2, 0) is 0 Å². The minimum absolute atomic E-state index is 0.579. The van der Waals surface area contributed by atoms with E-state index < -0.39 is 0 Å². The fourth-order valence-electron chi connectivity index (χ4n) is 9.46. The van der Waals surface area contributed by atoms with Crippen LogP contribution >= 0.6 is 0 Å². The molecule has 6 heteroatoms. The van der Waals surface area contributed by atoms with Gasteiger partial charge in [-0.3, -0.25) is 4.57 Å². The molecule has 0 saturated carbocycles. The van der Waals surface area contributed by atoms with E-state index in [2.05, 4.69) is 177 Å². The predicted molar refractivity (Wildman–Crippen MR) is 234 cm³/mol. The highest BCUT2D eigenvalue weighted by atomic mass is 15.2. The smallest absolute Gasteiger partial charge is 0.238 e. The third-order valence-electron chi connectivity index (χ3n) is 11.8. The third-order valence-corrected chi connectivity index (χ3v) is 11.8. The van der Waals surface area contributed by atoms with E-state index in [-0.39, 0.29) is 0 Å². The van der Waals surface area contributed by atoms with Gasteiger partial charge in [0.05, 0.1) is 38.6 Å². The molecule has 0 fully saturated rings. The molecule has 0 radical (unpaired) electrons. The fraction of sp³-hybridized carbons (Fsp3) is 0. The van der Waals surface area contributed by atoms with Crippen molar-refractivity contribution in [3.63, 3.8) is 0 Å². The molecule has 13 aromatic rings. The van der Waals surface area contributed by atoms with Gasteiger partial charge in [0.25, 0.3) is 0 Å². The topological polar surface area (TPSA) is 52.9 Å². The molecule has 0 atom stereocenters. The van der Waals surface area contributed by atoms with Gasteiger partial charge >= 0.3 is 0 Å². The van der Waals surface area contributed by atoms with Gasteiger partial charge in [-0.05, 0) is 53.9 Å². The molecule has 57 heavy (non-hydrogen) atoms. The van der Waals surface area contributed by atoms with Crippen molar-refractivity contribution in [3.8, 4) is 34.4 Å². The molecular formula is C51H30N6. The Kier molecular flexibility index (Phi) is 6.07. The van der Waals surface area contributed by atoms with E-state index in [0.29, 0.717) is 17.6 Å². The van der Waals surface area contributed by atoms with E-state index in [0.717, 1.165) is 38.9 Å². The maximum absolute atomic E-state index is 5.40. The fourth-order valence-corrected chi connectivity index (χ4v) is 9.46. The van der Waals surface area contributed by atoms with Crippen molar-refractivity contribution in [2.24, 2.45) is 0 Å². The second-order valence-corrected chi connectivity index (χ2v) is 14.8. The van der Waals surface area contributed by atoms with Crippen LogP contribution in [0.2, 0.25) is 0 Å². The lowest BCUT2D eigenvalue weighted by Crippen LogP contribution is -2.06. The highest BCUT2D eigenvalue weighted by Crippen LogP contribution is 2.45. The zero-order valence-corrected chi connectivity index (χ0v) is 30.5. The molecule has 0 bridgehead atoms. The summed E-state index contributed by atoms with van der Waals surface area (Å²) in [5.74, 6) is 1.82. The lowest BCUT2D eigenvalue weighted by Gasteiger charge is -2.12. The van der Waals surface area contributed by atoms with Crippen molar-refractivity contribution in [2.75, 3.05) is 0 Å². The standard InChI is InChI=1S/C51H30N6/c1-3-14-31(15-4-1)49-52-50(32-26-27-37-34-18-7-10-22-40(34)55(45(37)30-32)33-16-5-2-6-17-33)54-51(53-49)57-43-25-13-21-38-35-19-8-11-23-41(35)56-42-24-12-9-20-36(42)39-28-29-44(57)47(46(38)43)48(39)56/h1-30H. The zero-order valence-electron chi connectivity index (χ0n) is 30.5. The summed E-state index contributed by atoms with van der Waals surface area (Å²) in [7, 11) is 0. The van der Waals surface area contributed by atoms with Gasteiger partial charge in [-0.25, -0.2) is 4.98 Å². The molecular weight excluding hydrogens is 697 g/mol. The Morgan fingerprint density at radius 1 is 0.316 bits per heavy atom. The molecule has 0 aliphatic heterocycles.